The number of rotatable bonds is 6. The molecule has 1 amide bonds. The van der Waals surface area contributed by atoms with E-state index in [1.807, 2.05) is 0 Å². The minimum Gasteiger partial charge on any atom is -0.481 e. The number of carbonyl (C=O) groups excluding carboxylic acids is 1. The molecule has 0 aliphatic carbocycles. The molecule has 132 valence electrons. The fourth-order valence-corrected chi connectivity index (χ4v) is 4.33. The summed E-state index contributed by atoms with van der Waals surface area (Å²) in [7, 11) is -4.01. The van der Waals surface area contributed by atoms with E-state index in [4.69, 9.17) is 16.7 Å². The molecule has 2 N–H and O–H groups in total. The zero-order chi connectivity index (χ0) is 17.7. The molecule has 7 nitrogen and oxygen atoms in total. The maximum atomic E-state index is 12.9. The summed E-state index contributed by atoms with van der Waals surface area (Å²) in [4.78, 5) is 23.1. The van der Waals surface area contributed by atoms with E-state index in [1.54, 1.807) is 0 Å². The summed E-state index contributed by atoms with van der Waals surface area (Å²) in [5.74, 6) is -1.52. The van der Waals surface area contributed by atoms with Crippen LogP contribution in [0.1, 0.15) is 25.7 Å². The molecule has 24 heavy (non-hydrogen) atoms. The van der Waals surface area contributed by atoms with Crippen molar-refractivity contribution in [3.05, 3.63) is 29.3 Å². The number of nitrogens with zero attached hydrogens (tertiary/aromatic N) is 1. The summed E-state index contributed by atoms with van der Waals surface area (Å²) in [6, 6.07) is 4.67. The van der Waals surface area contributed by atoms with E-state index in [-0.39, 0.29) is 17.9 Å². The van der Waals surface area contributed by atoms with Gasteiger partial charge in [-0.25, -0.2) is 8.42 Å². The summed E-state index contributed by atoms with van der Waals surface area (Å²) in [5.41, 5.74) is 0. The van der Waals surface area contributed by atoms with Crippen LogP contribution in [0.5, 0.6) is 0 Å². The number of hydrogen-bond donors (Lipinski definition) is 2. The van der Waals surface area contributed by atoms with Crippen LogP contribution in [0.15, 0.2) is 29.2 Å². The van der Waals surface area contributed by atoms with Crippen LogP contribution in [0, 0.1) is 0 Å². The summed E-state index contributed by atoms with van der Waals surface area (Å²) >= 11 is 5.79. The molecule has 0 aromatic heterocycles. The second-order valence-corrected chi connectivity index (χ2v) is 7.84. The molecule has 0 saturated carbocycles. The lowest BCUT2D eigenvalue weighted by atomic mass is 10.1. The van der Waals surface area contributed by atoms with Gasteiger partial charge in [-0.15, -0.1) is 0 Å². The van der Waals surface area contributed by atoms with Crippen LogP contribution >= 0.6 is 11.6 Å². The van der Waals surface area contributed by atoms with Gasteiger partial charge >= 0.3 is 5.97 Å². The highest BCUT2D eigenvalue weighted by atomic mass is 35.5. The molecular formula is C15H19ClN2O5S. The average molecular weight is 375 g/mol. The second kappa shape index (κ2) is 7.96. The Kier molecular flexibility index (Phi) is 6.20. The maximum absolute atomic E-state index is 12.9. The first-order valence-corrected chi connectivity index (χ1v) is 9.41. The molecule has 0 unspecified atom stereocenters. The van der Waals surface area contributed by atoms with Gasteiger partial charge in [-0.2, -0.15) is 4.31 Å². The number of halogens is 1. The number of aliphatic carboxylic acids is 1. The number of hydrogen-bond acceptors (Lipinski definition) is 4. The zero-order valence-corrected chi connectivity index (χ0v) is 14.5. The summed E-state index contributed by atoms with van der Waals surface area (Å²) < 4.78 is 26.8. The molecule has 0 radical (unpaired) electrons. The topological polar surface area (TPSA) is 104 Å². The number of carboxylic acid groups (broad SMARTS) is 1. The normalized spacial score (nSPS) is 18.9. The van der Waals surface area contributed by atoms with Crippen molar-refractivity contribution in [2.45, 2.75) is 36.6 Å². The van der Waals surface area contributed by atoms with Gasteiger partial charge in [0, 0.05) is 18.1 Å². The molecular weight excluding hydrogens is 356 g/mol. The van der Waals surface area contributed by atoms with E-state index < -0.39 is 27.9 Å². The predicted molar refractivity (Wildman–Crippen MR) is 88.2 cm³/mol. The number of amides is 1. The third kappa shape index (κ3) is 4.46. The third-order valence-electron chi connectivity index (χ3n) is 3.82. The quantitative estimate of drug-likeness (QED) is 0.784. The largest absolute Gasteiger partial charge is 0.481 e. The molecule has 1 fully saturated rings. The summed E-state index contributed by atoms with van der Waals surface area (Å²) in [6.45, 7) is 0.224. The number of carboxylic acids is 1. The maximum Gasteiger partial charge on any atom is 0.304 e. The number of sulfonamides is 1. The van der Waals surface area contributed by atoms with Crippen molar-refractivity contribution in [1.82, 2.24) is 9.62 Å². The van der Waals surface area contributed by atoms with Crippen molar-refractivity contribution in [3.63, 3.8) is 0 Å². The lowest BCUT2D eigenvalue weighted by molar-refractivity contribution is -0.137. The molecule has 1 aliphatic heterocycles. The Labute approximate surface area is 145 Å². The molecule has 0 bridgehead atoms. The van der Waals surface area contributed by atoms with Crippen LogP contribution in [0.2, 0.25) is 5.02 Å². The Morgan fingerprint density at radius 1 is 1.29 bits per heavy atom. The minimum absolute atomic E-state index is 0.0191. The first-order chi connectivity index (χ1) is 11.3. The number of carbonyl (C=O) groups is 2. The van der Waals surface area contributed by atoms with Crippen LogP contribution in [0.3, 0.4) is 0 Å². The molecule has 0 spiro atoms. The molecule has 1 saturated heterocycles. The van der Waals surface area contributed by atoms with Gasteiger partial charge in [0.05, 0.1) is 11.3 Å². The number of benzene rings is 1. The Balaban J connectivity index is 2.38. The standard InChI is InChI=1S/C15H19ClN2O5S/c16-11-4-6-12(7-5-11)24(22,23)18(10-8-14(19)20)13-3-1-2-9-17-15(13)21/h4-7,13H,1-3,8-10H2,(H,17,21)(H,19,20)/t13-/m1/s1. The van der Waals surface area contributed by atoms with Crippen molar-refractivity contribution < 1.29 is 23.1 Å². The minimum atomic E-state index is -4.01. The summed E-state index contributed by atoms with van der Waals surface area (Å²) in [6.07, 6.45) is 1.42. The van der Waals surface area contributed by atoms with Crippen LogP contribution in [0.25, 0.3) is 0 Å². The highest BCUT2D eigenvalue weighted by molar-refractivity contribution is 7.89. The second-order valence-electron chi connectivity index (χ2n) is 5.52. The molecule has 1 atom stereocenters. The lowest BCUT2D eigenvalue weighted by Crippen LogP contribution is -2.49. The highest BCUT2D eigenvalue weighted by Crippen LogP contribution is 2.24. The van der Waals surface area contributed by atoms with Crippen molar-refractivity contribution in [1.29, 1.82) is 0 Å². The average Bonchev–Trinajstić information content (AvgIpc) is 2.72. The molecule has 1 aromatic rings. The smallest absolute Gasteiger partial charge is 0.304 e. The highest BCUT2D eigenvalue weighted by Gasteiger charge is 2.36. The van der Waals surface area contributed by atoms with Gasteiger partial charge in [-0.1, -0.05) is 11.6 Å². The van der Waals surface area contributed by atoms with Crippen molar-refractivity contribution in [2.75, 3.05) is 13.1 Å². The van der Waals surface area contributed by atoms with Crippen LogP contribution in [-0.4, -0.2) is 48.8 Å². The van der Waals surface area contributed by atoms with E-state index in [2.05, 4.69) is 5.32 Å². The van der Waals surface area contributed by atoms with E-state index in [1.165, 1.54) is 24.3 Å². The van der Waals surface area contributed by atoms with Gasteiger partial charge in [-0.3, -0.25) is 9.59 Å². The van der Waals surface area contributed by atoms with Gasteiger partial charge in [0.2, 0.25) is 15.9 Å². The van der Waals surface area contributed by atoms with Gasteiger partial charge < -0.3 is 10.4 Å². The lowest BCUT2D eigenvalue weighted by Gasteiger charge is -2.28. The Morgan fingerprint density at radius 3 is 2.58 bits per heavy atom. The van der Waals surface area contributed by atoms with E-state index in [0.717, 1.165) is 10.7 Å². The van der Waals surface area contributed by atoms with Gasteiger partial charge in [-0.05, 0) is 43.5 Å². The van der Waals surface area contributed by atoms with E-state index in [0.29, 0.717) is 24.4 Å². The Bertz CT molecular complexity index is 705. The van der Waals surface area contributed by atoms with E-state index in [9.17, 15) is 18.0 Å². The Morgan fingerprint density at radius 2 is 1.96 bits per heavy atom. The van der Waals surface area contributed by atoms with Gasteiger partial charge in [0.1, 0.15) is 6.04 Å². The predicted octanol–water partition coefficient (Wildman–Crippen LogP) is 1.47. The zero-order valence-electron chi connectivity index (χ0n) is 12.9. The first kappa shape index (κ1) is 18.7. The van der Waals surface area contributed by atoms with Crippen LogP contribution in [-0.2, 0) is 19.6 Å². The van der Waals surface area contributed by atoms with Gasteiger partial charge in [0.25, 0.3) is 0 Å². The molecule has 1 heterocycles. The molecule has 2 rings (SSSR count). The third-order valence-corrected chi connectivity index (χ3v) is 5.99. The van der Waals surface area contributed by atoms with E-state index >= 15 is 0 Å². The SMILES string of the molecule is O=C(O)CCN([C@@H]1CCCCNC1=O)S(=O)(=O)c1ccc(Cl)cc1. The monoisotopic (exact) mass is 374 g/mol. The van der Waals surface area contributed by atoms with Crippen LogP contribution in [0.4, 0.5) is 0 Å². The van der Waals surface area contributed by atoms with Crippen molar-refractivity contribution >= 4 is 33.5 Å². The molecule has 1 aliphatic rings. The fraction of sp³-hybridized carbons (Fsp3) is 0.467. The van der Waals surface area contributed by atoms with Crippen molar-refractivity contribution in [2.24, 2.45) is 0 Å². The first-order valence-electron chi connectivity index (χ1n) is 7.59. The number of nitrogens with one attached hydrogen (secondary N) is 1. The summed E-state index contributed by atoms with van der Waals surface area (Å²) in [5, 5.41) is 12.0. The Hall–Kier alpha value is -1.64. The van der Waals surface area contributed by atoms with Gasteiger partial charge in [0.15, 0.2) is 0 Å². The fourth-order valence-electron chi connectivity index (χ4n) is 2.59. The molecule has 9 heteroatoms. The molecule has 1 aromatic carbocycles. The van der Waals surface area contributed by atoms with Crippen molar-refractivity contribution in [3.8, 4) is 0 Å². The van der Waals surface area contributed by atoms with Crippen LogP contribution < -0.4 is 5.32 Å².